The zero-order valence-corrected chi connectivity index (χ0v) is 8.87. The summed E-state index contributed by atoms with van der Waals surface area (Å²) in [6.45, 7) is 2.36. The molecule has 0 amide bonds. The van der Waals surface area contributed by atoms with Crippen LogP contribution in [0.1, 0.15) is 44.1 Å². The van der Waals surface area contributed by atoms with Crippen molar-refractivity contribution in [3.05, 3.63) is 29.8 Å². The van der Waals surface area contributed by atoms with E-state index in [1.807, 2.05) is 12.1 Å². The van der Waals surface area contributed by atoms with Crippen molar-refractivity contribution in [2.45, 2.75) is 38.5 Å². The van der Waals surface area contributed by atoms with Crippen LogP contribution in [0.25, 0.3) is 0 Å². The van der Waals surface area contributed by atoms with Gasteiger partial charge >= 0.3 is 0 Å². The molecule has 1 aromatic carbocycles. The third-order valence-corrected chi connectivity index (χ3v) is 3.51. The van der Waals surface area contributed by atoms with E-state index < -0.39 is 0 Å². The second-order valence-corrected chi connectivity index (χ2v) is 4.50. The predicted molar refractivity (Wildman–Crippen MR) is 61.2 cm³/mol. The van der Waals surface area contributed by atoms with Crippen LogP contribution in [0.2, 0.25) is 0 Å². The van der Waals surface area contributed by atoms with Gasteiger partial charge < -0.3 is 5.73 Å². The molecule has 0 unspecified atom stereocenters. The standard InChI is InChI=1S/C13H19N/c1-10-6-2-3-7-11(10)12-8-4-5-9-13(12)14/h4-5,8-11H,2-3,6-7,14H2,1H3/t10-,11+/m0/s1. The van der Waals surface area contributed by atoms with Crippen molar-refractivity contribution in [3.63, 3.8) is 0 Å². The van der Waals surface area contributed by atoms with Crippen LogP contribution in [-0.4, -0.2) is 0 Å². The maximum absolute atomic E-state index is 6.01. The van der Waals surface area contributed by atoms with Crippen LogP contribution >= 0.6 is 0 Å². The summed E-state index contributed by atoms with van der Waals surface area (Å²) in [5.41, 5.74) is 8.37. The summed E-state index contributed by atoms with van der Waals surface area (Å²) >= 11 is 0. The van der Waals surface area contributed by atoms with E-state index in [1.54, 1.807) is 0 Å². The van der Waals surface area contributed by atoms with Gasteiger partial charge in [0.1, 0.15) is 0 Å². The number of benzene rings is 1. The molecule has 0 bridgehead atoms. The number of rotatable bonds is 1. The SMILES string of the molecule is C[C@H]1CCCC[C@H]1c1ccccc1N. The van der Waals surface area contributed by atoms with Crippen molar-refractivity contribution in [3.8, 4) is 0 Å². The van der Waals surface area contributed by atoms with Crippen molar-refractivity contribution in [2.24, 2.45) is 5.92 Å². The fourth-order valence-electron chi connectivity index (χ4n) is 2.63. The average molecular weight is 189 g/mol. The lowest BCUT2D eigenvalue weighted by Gasteiger charge is -2.29. The molecule has 0 aromatic heterocycles. The Kier molecular flexibility index (Phi) is 2.76. The monoisotopic (exact) mass is 189 g/mol. The van der Waals surface area contributed by atoms with E-state index in [2.05, 4.69) is 19.1 Å². The summed E-state index contributed by atoms with van der Waals surface area (Å²) in [6, 6.07) is 8.35. The zero-order valence-electron chi connectivity index (χ0n) is 8.87. The van der Waals surface area contributed by atoms with Crippen molar-refractivity contribution in [1.29, 1.82) is 0 Å². The molecule has 1 saturated carbocycles. The van der Waals surface area contributed by atoms with E-state index in [4.69, 9.17) is 5.73 Å². The summed E-state index contributed by atoms with van der Waals surface area (Å²) in [5, 5.41) is 0. The fourth-order valence-corrected chi connectivity index (χ4v) is 2.63. The van der Waals surface area contributed by atoms with Crippen molar-refractivity contribution >= 4 is 5.69 Å². The van der Waals surface area contributed by atoms with Crippen molar-refractivity contribution < 1.29 is 0 Å². The molecule has 1 aromatic rings. The van der Waals surface area contributed by atoms with Crippen LogP contribution in [0.5, 0.6) is 0 Å². The molecule has 0 radical (unpaired) electrons. The van der Waals surface area contributed by atoms with Crippen LogP contribution < -0.4 is 5.73 Å². The van der Waals surface area contributed by atoms with Crippen LogP contribution in [0.3, 0.4) is 0 Å². The van der Waals surface area contributed by atoms with E-state index in [0.717, 1.165) is 11.6 Å². The van der Waals surface area contributed by atoms with E-state index in [0.29, 0.717) is 5.92 Å². The molecule has 0 spiro atoms. The van der Waals surface area contributed by atoms with Gasteiger partial charge in [0.05, 0.1) is 0 Å². The second-order valence-electron chi connectivity index (χ2n) is 4.50. The largest absolute Gasteiger partial charge is 0.398 e. The van der Waals surface area contributed by atoms with Gasteiger partial charge in [0.25, 0.3) is 0 Å². The Hall–Kier alpha value is -0.980. The van der Waals surface area contributed by atoms with Crippen LogP contribution in [-0.2, 0) is 0 Å². The van der Waals surface area contributed by atoms with E-state index in [-0.39, 0.29) is 0 Å². The molecule has 0 aliphatic heterocycles. The number of nitrogens with two attached hydrogens (primary N) is 1. The van der Waals surface area contributed by atoms with E-state index in [9.17, 15) is 0 Å². The lowest BCUT2D eigenvalue weighted by atomic mass is 9.76. The van der Waals surface area contributed by atoms with Gasteiger partial charge in [0.15, 0.2) is 0 Å². The van der Waals surface area contributed by atoms with Crippen LogP contribution in [0.4, 0.5) is 5.69 Å². The quantitative estimate of drug-likeness (QED) is 0.672. The highest BCUT2D eigenvalue weighted by molar-refractivity contribution is 5.48. The molecule has 1 heteroatoms. The highest BCUT2D eigenvalue weighted by atomic mass is 14.6. The van der Waals surface area contributed by atoms with Crippen LogP contribution in [0, 0.1) is 5.92 Å². The van der Waals surface area contributed by atoms with Gasteiger partial charge in [-0.3, -0.25) is 0 Å². The summed E-state index contributed by atoms with van der Waals surface area (Å²) < 4.78 is 0. The summed E-state index contributed by atoms with van der Waals surface area (Å²) in [5.74, 6) is 1.50. The Balaban J connectivity index is 2.25. The molecule has 1 aliphatic rings. The Morgan fingerprint density at radius 1 is 1.14 bits per heavy atom. The molecule has 0 heterocycles. The van der Waals surface area contributed by atoms with Gasteiger partial charge in [0, 0.05) is 5.69 Å². The lowest BCUT2D eigenvalue weighted by Crippen LogP contribution is -2.16. The highest BCUT2D eigenvalue weighted by Crippen LogP contribution is 2.39. The smallest absolute Gasteiger partial charge is 0.0349 e. The van der Waals surface area contributed by atoms with E-state index in [1.165, 1.54) is 31.2 Å². The Morgan fingerprint density at radius 2 is 1.86 bits per heavy atom. The highest BCUT2D eigenvalue weighted by Gasteiger charge is 2.23. The number of nitrogen functional groups attached to an aromatic ring is 1. The van der Waals surface area contributed by atoms with Gasteiger partial charge in [0.2, 0.25) is 0 Å². The number of hydrogen-bond acceptors (Lipinski definition) is 1. The fraction of sp³-hybridized carbons (Fsp3) is 0.538. The molecular formula is C13H19N. The summed E-state index contributed by atoms with van der Waals surface area (Å²) in [7, 11) is 0. The Morgan fingerprint density at radius 3 is 2.57 bits per heavy atom. The molecule has 1 nitrogen and oxygen atoms in total. The molecule has 76 valence electrons. The lowest BCUT2D eigenvalue weighted by molar-refractivity contribution is 0.331. The minimum Gasteiger partial charge on any atom is -0.398 e. The number of hydrogen-bond donors (Lipinski definition) is 1. The number of anilines is 1. The first-order valence-electron chi connectivity index (χ1n) is 5.63. The predicted octanol–water partition coefficient (Wildman–Crippen LogP) is 3.56. The second kappa shape index (κ2) is 4.04. The first kappa shape index (κ1) is 9.57. The van der Waals surface area contributed by atoms with Gasteiger partial charge in [-0.25, -0.2) is 0 Å². The van der Waals surface area contributed by atoms with E-state index >= 15 is 0 Å². The molecule has 2 N–H and O–H groups in total. The average Bonchev–Trinajstić information content (AvgIpc) is 2.20. The van der Waals surface area contributed by atoms with Gasteiger partial charge in [-0.15, -0.1) is 0 Å². The zero-order chi connectivity index (χ0) is 9.97. The minimum absolute atomic E-state index is 0.699. The summed E-state index contributed by atoms with van der Waals surface area (Å²) in [6.07, 6.45) is 5.43. The minimum atomic E-state index is 0.699. The molecule has 1 fully saturated rings. The molecule has 0 saturated heterocycles. The van der Waals surface area contributed by atoms with Gasteiger partial charge in [-0.2, -0.15) is 0 Å². The molecule has 1 aliphatic carbocycles. The summed E-state index contributed by atoms with van der Waals surface area (Å²) in [4.78, 5) is 0. The molecule has 14 heavy (non-hydrogen) atoms. The third-order valence-electron chi connectivity index (χ3n) is 3.51. The first-order chi connectivity index (χ1) is 6.79. The third kappa shape index (κ3) is 1.77. The maximum atomic E-state index is 6.01. The van der Waals surface area contributed by atoms with Crippen molar-refractivity contribution in [2.75, 3.05) is 5.73 Å². The molecule has 2 rings (SSSR count). The topological polar surface area (TPSA) is 26.0 Å². The van der Waals surface area contributed by atoms with Gasteiger partial charge in [-0.05, 0) is 29.9 Å². The normalized spacial score (nSPS) is 27.5. The Bertz CT molecular complexity index is 306. The Labute approximate surface area is 86.3 Å². The van der Waals surface area contributed by atoms with Crippen LogP contribution in [0.15, 0.2) is 24.3 Å². The molecular weight excluding hydrogens is 170 g/mol. The number of para-hydroxylation sites is 1. The van der Waals surface area contributed by atoms with Gasteiger partial charge in [-0.1, -0.05) is 44.4 Å². The molecule has 2 atom stereocenters. The maximum Gasteiger partial charge on any atom is 0.0349 e. The van der Waals surface area contributed by atoms with Crippen molar-refractivity contribution in [1.82, 2.24) is 0 Å². The first-order valence-corrected chi connectivity index (χ1v) is 5.63.